The maximum Gasteiger partial charge on any atom is 0.223 e. The van der Waals surface area contributed by atoms with Gasteiger partial charge in [0.1, 0.15) is 0 Å². The molecule has 2 fully saturated rings. The van der Waals surface area contributed by atoms with Gasteiger partial charge in [-0.1, -0.05) is 30.3 Å². The number of carbonyl (C=O) groups is 1. The summed E-state index contributed by atoms with van der Waals surface area (Å²) < 4.78 is 5.35. The molecule has 1 aromatic carbocycles. The standard InChI is InChI=1S/C18H26N2O2/c21-18(20-10-12-22-13-11-20)14-17(15-4-2-1-3-5-15)16-6-8-19-9-7-16/h1-5,16-17,19H,6-14H2/t17-/m0/s1. The third-order valence-electron chi connectivity index (χ3n) is 4.94. The maximum absolute atomic E-state index is 12.7. The zero-order valence-electron chi connectivity index (χ0n) is 13.2. The molecular weight excluding hydrogens is 276 g/mol. The Labute approximate surface area is 132 Å². The second kappa shape index (κ2) is 7.75. The van der Waals surface area contributed by atoms with E-state index in [2.05, 4.69) is 29.6 Å². The summed E-state index contributed by atoms with van der Waals surface area (Å²) in [7, 11) is 0. The molecule has 4 heteroatoms. The predicted molar refractivity (Wildman–Crippen MR) is 86.8 cm³/mol. The summed E-state index contributed by atoms with van der Waals surface area (Å²) in [4.78, 5) is 14.7. The minimum absolute atomic E-state index is 0.288. The molecule has 2 saturated heterocycles. The number of hydrogen-bond acceptors (Lipinski definition) is 3. The van der Waals surface area contributed by atoms with E-state index >= 15 is 0 Å². The van der Waals surface area contributed by atoms with E-state index in [0.29, 0.717) is 31.5 Å². The fraction of sp³-hybridized carbons (Fsp3) is 0.611. The van der Waals surface area contributed by atoms with Crippen molar-refractivity contribution in [3.8, 4) is 0 Å². The summed E-state index contributed by atoms with van der Waals surface area (Å²) in [5.41, 5.74) is 1.32. The van der Waals surface area contributed by atoms with Crippen molar-refractivity contribution in [3.63, 3.8) is 0 Å². The topological polar surface area (TPSA) is 41.6 Å². The van der Waals surface area contributed by atoms with Crippen LogP contribution in [0.2, 0.25) is 0 Å². The highest BCUT2D eigenvalue weighted by atomic mass is 16.5. The smallest absolute Gasteiger partial charge is 0.223 e. The molecule has 1 aromatic rings. The first kappa shape index (κ1) is 15.5. The van der Waals surface area contributed by atoms with E-state index in [1.54, 1.807) is 0 Å². The predicted octanol–water partition coefficient (Wildman–Crippen LogP) is 2.02. The molecule has 0 bridgehead atoms. The quantitative estimate of drug-likeness (QED) is 0.925. The van der Waals surface area contributed by atoms with Crippen LogP contribution in [0.1, 0.15) is 30.7 Å². The lowest BCUT2D eigenvalue weighted by Gasteiger charge is -2.33. The fourth-order valence-corrected chi connectivity index (χ4v) is 3.63. The second-order valence-corrected chi connectivity index (χ2v) is 6.30. The first-order valence-corrected chi connectivity index (χ1v) is 8.46. The Balaban J connectivity index is 1.71. The van der Waals surface area contributed by atoms with Crippen LogP contribution in [-0.4, -0.2) is 50.2 Å². The van der Waals surface area contributed by atoms with Crippen molar-refractivity contribution >= 4 is 5.91 Å². The van der Waals surface area contributed by atoms with Gasteiger partial charge in [-0.15, -0.1) is 0 Å². The van der Waals surface area contributed by atoms with Crippen LogP contribution in [0.4, 0.5) is 0 Å². The number of nitrogens with one attached hydrogen (secondary N) is 1. The van der Waals surface area contributed by atoms with Crippen LogP contribution in [0.5, 0.6) is 0 Å². The maximum atomic E-state index is 12.7. The largest absolute Gasteiger partial charge is 0.378 e. The van der Waals surface area contributed by atoms with Crippen molar-refractivity contribution < 1.29 is 9.53 Å². The number of carbonyl (C=O) groups excluding carboxylic acids is 1. The summed E-state index contributed by atoms with van der Waals surface area (Å²) >= 11 is 0. The molecule has 0 spiro atoms. The minimum atomic E-state index is 0.288. The number of nitrogens with zero attached hydrogens (tertiary/aromatic N) is 1. The lowest BCUT2D eigenvalue weighted by atomic mass is 9.78. The number of piperidine rings is 1. The average Bonchev–Trinajstić information content (AvgIpc) is 2.62. The Kier molecular flexibility index (Phi) is 5.46. The van der Waals surface area contributed by atoms with Crippen LogP contribution < -0.4 is 5.32 Å². The third-order valence-corrected chi connectivity index (χ3v) is 4.94. The zero-order valence-corrected chi connectivity index (χ0v) is 13.2. The molecule has 0 radical (unpaired) electrons. The van der Waals surface area contributed by atoms with Gasteiger partial charge in [-0.25, -0.2) is 0 Å². The molecule has 0 saturated carbocycles. The Bertz CT molecular complexity index is 465. The Hall–Kier alpha value is -1.39. The number of ether oxygens (including phenoxy) is 1. The van der Waals surface area contributed by atoms with Gasteiger partial charge >= 0.3 is 0 Å². The highest BCUT2D eigenvalue weighted by Crippen LogP contribution is 2.34. The van der Waals surface area contributed by atoms with Crippen molar-refractivity contribution in [1.82, 2.24) is 10.2 Å². The highest BCUT2D eigenvalue weighted by Gasteiger charge is 2.29. The molecule has 2 aliphatic heterocycles. The average molecular weight is 302 g/mol. The van der Waals surface area contributed by atoms with Crippen LogP contribution in [0.15, 0.2) is 30.3 Å². The number of morpholine rings is 1. The summed E-state index contributed by atoms with van der Waals surface area (Å²) in [5, 5.41) is 3.43. The molecule has 1 amide bonds. The van der Waals surface area contributed by atoms with E-state index in [4.69, 9.17) is 4.74 Å². The Morgan fingerprint density at radius 2 is 1.86 bits per heavy atom. The minimum Gasteiger partial charge on any atom is -0.378 e. The molecule has 0 unspecified atom stereocenters. The number of hydrogen-bond donors (Lipinski definition) is 1. The molecular formula is C18H26N2O2. The first-order valence-electron chi connectivity index (χ1n) is 8.46. The lowest BCUT2D eigenvalue weighted by Crippen LogP contribution is -2.42. The van der Waals surface area contributed by atoms with E-state index < -0.39 is 0 Å². The summed E-state index contributed by atoms with van der Waals surface area (Å²) in [6, 6.07) is 10.6. The second-order valence-electron chi connectivity index (χ2n) is 6.30. The van der Waals surface area contributed by atoms with E-state index in [1.807, 2.05) is 11.0 Å². The van der Waals surface area contributed by atoms with Crippen molar-refractivity contribution in [2.75, 3.05) is 39.4 Å². The van der Waals surface area contributed by atoms with Gasteiger partial charge in [0, 0.05) is 19.5 Å². The number of amides is 1. The molecule has 1 atom stereocenters. The van der Waals surface area contributed by atoms with Crippen LogP contribution in [0.3, 0.4) is 0 Å². The summed E-state index contributed by atoms with van der Waals surface area (Å²) in [6.07, 6.45) is 2.96. The van der Waals surface area contributed by atoms with Gasteiger partial charge in [0.15, 0.2) is 0 Å². The molecule has 2 aliphatic rings. The van der Waals surface area contributed by atoms with Gasteiger partial charge < -0.3 is 15.0 Å². The monoisotopic (exact) mass is 302 g/mol. The Morgan fingerprint density at radius 3 is 2.55 bits per heavy atom. The van der Waals surface area contributed by atoms with Crippen molar-refractivity contribution in [2.45, 2.75) is 25.2 Å². The van der Waals surface area contributed by atoms with Crippen LogP contribution in [-0.2, 0) is 9.53 Å². The van der Waals surface area contributed by atoms with Crippen LogP contribution >= 0.6 is 0 Å². The third kappa shape index (κ3) is 3.87. The number of benzene rings is 1. The first-order chi connectivity index (χ1) is 10.8. The lowest BCUT2D eigenvalue weighted by molar-refractivity contribution is -0.136. The van der Waals surface area contributed by atoms with E-state index in [1.165, 1.54) is 5.56 Å². The summed E-state index contributed by atoms with van der Waals surface area (Å²) in [6.45, 7) is 4.98. The molecule has 1 N–H and O–H groups in total. The molecule has 3 rings (SSSR count). The van der Waals surface area contributed by atoms with Gasteiger partial charge in [0.25, 0.3) is 0 Å². The van der Waals surface area contributed by atoms with Gasteiger partial charge in [-0.3, -0.25) is 4.79 Å². The fourth-order valence-electron chi connectivity index (χ4n) is 3.63. The van der Waals surface area contributed by atoms with Gasteiger partial charge in [0.2, 0.25) is 5.91 Å². The number of rotatable bonds is 4. The molecule has 2 heterocycles. The van der Waals surface area contributed by atoms with Crippen molar-refractivity contribution in [3.05, 3.63) is 35.9 Å². The van der Waals surface area contributed by atoms with E-state index in [9.17, 15) is 4.79 Å². The molecule has 22 heavy (non-hydrogen) atoms. The molecule has 0 aliphatic carbocycles. The van der Waals surface area contributed by atoms with Gasteiger partial charge in [-0.2, -0.15) is 0 Å². The molecule has 4 nitrogen and oxygen atoms in total. The summed E-state index contributed by atoms with van der Waals surface area (Å²) in [5.74, 6) is 1.24. The SMILES string of the molecule is O=C(C[C@@H](c1ccccc1)C1CCNCC1)N1CCOCC1. The highest BCUT2D eigenvalue weighted by molar-refractivity contribution is 5.77. The van der Waals surface area contributed by atoms with Crippen molar-refractivity contribution in [1.29, 1.82) is 0 Å². The normalized spacial score (nSPS) is 21.5. The van der Waals surface area contributed by atoms with Crippen LogP contribution in [0, 0.1) is 5.92 Å². The van der Waals surface area contributed by atoms with E-state index in [-0.39, 0.29) is 5.91 Å². The molecule has 120 valence electrons. The van der Waals surface area contributed by atoms with Gasteiger partial charge in [-0.05, 0) is 43.3 Å². The Morgan fingerprint density at radius 1 is 1.18 bits per heavy atom. The van der Waals surface area contributed by atoms with E-state index in [0.717, 1.165) is 39.0 Å². The van der Waals surface area contributed by atoms with Crippen molar-refractivity contribution in [2.24, 2.45) is 5.92 Å². The molecule has 0 aromatic heterocycles. The van der Waals surface area contributed by atoms with Gasteiger partial charge in [0.05, 0.1) is 13.2 Å². The van der Waals surface area contributed by atoms with Crippen LogP contribution in [0.25, 0.3) is 0 Å². The zero-order chi connectivity index (χ0) is 15.2.